The number of thiophene rings is 1. The zero-order valence-electron chi connectivity index (χ0n) is 20.3. The van der Waals surface area contributed by atoms with E-state index in [1.54, 1.807) is 18.2 Å². The van der Waals surface area contributed by atoms with Crippen molar-refractivity contribution in [2.24, 2.45) is 17.8 Å². The number of aliphatic hydroxyl groups excluding tert-OH is 1. The van der Waals surface area contributed by atoms with Crippen LogP contribution < -0.4 is 0 Å². The minimum Gasteiger partial charge on any atom is -0.465 e. The summed E-state index contributed by atoms with van der Waals surface area (Å²) in [6.07, 6.45) is 6.17. The number of aliphatic hydroxyl groups is 1. The molecule has 2 aromatic rings. The second-order valence-electron chi connectivity index (χ2n) is 9.42. The Morgan fingerprint density at radius 3 is 2.66 bits per heavy atom. The SMILES string of the molecule is COC(=O)c1ccc(CCCC2C(=O)C(F)(F)C[C@@H]2/C=C/[C@@H](O)[C@@H](C)CCCc2ccccc2)s1. The molecule has 1 N–H and O–H groups in total. The monoisotopic (exact) mass is 504 g/mol. The van der Waals surface area contributed by atoms with Gasteiger partial charge in [-0.2, -0.15) is 8.78 Å². The van der Waals surface area contributed by atoms with Crippen LogP contribution in [0.3, 0.4) is 0 Å². The van der Waals surface area contributed by atoms with E-state index in [1.807, 2.05) is 31.2 Å². The quantitative estimate of drug-likeness (QED) is 0.273. The van der Waals surface area contributed by atoms with Gasteiger partial charge in [0.2, 0.25) is 5.78 Å². The van der Waals surface area contributed by atoms with Crippen LogP contribution in [0.1, 0.15) is 59.1 Å². The van der Waals surface area contributed by atoms with Crippen molar-refractivity contribution < 1.29 is 28.2 Å². The maximum Gasteiger partial charge on any atom is 0.348 e. The molecule has 0 aliphatic heterocycles. The van der Waals surface area contributed by atoms with Gasteiger partial charge in [0.1, 0.15) is 4.88 Å². The van der Waals surface area contributed by atoms with Crippen LogP contribution >= 0.6 is 11.3 Å². The maximum absolute atomic E-state index is 14.2. The number of ether oxygens (including phenoxy) is 1. The van der Waals surface area contributed by atoms with E-state index in [9.17, 15) is 23.5 Å². The van der Waals surface area contributed by atoms with Gasteiger partial charge in [-0.15, -0.1) is 11.3 Å². The Hall–Kier alpha value is -2.38. The lowest BCUT2D eigenvalue weighted by molar-refractivity contribution is -0.141. The molecule has 1 aromatic carbocycles. The Labute approximate surface area is 210 Å². The fourth-order valence-corrected chi connectivity index (χ4v) is 5.63. The van der Waals surface area contributed by atoms with E-state index in [0.717, 1.165) is 24.1 Å². The van der Waals surface area contributed by atoms with Crippen LogP contribution in [0.2, 0.25) is 0 Å². The molecule has 4 nitrogen and oxygen atoms in total. The fraction of sp³-hybridized carbons (Fsp3) is 0.500. The molecular formula is C28H34F2O4S. The first kappa shape index (κ1) is 27.2. The summed E-state index contributed by atoms with van der Waals surface area (Å²) in [4.78, 5) is 25.4. The minimum atomic E-state index is -3.33. The van der Waals surface area contributed by atoms with Gasteiger partial charge in [-0.1, -0.05) is 49.4 Å². The number of methoxy groups -OCH3 is 1. The summed E-state index contributed by atoms with van der Waals surface area (Å²) in [7, 11) is 1.32. The number of alkyl halides is 2. The average molecular weight is 505 g/mol. The molecule has 0 bridgehead atoms. The number of rotatable bonds is 12. The number of ketones is 1. The molecule has 0 spiro atoms. The Morgan fingerprint density at radius 2 is 1.94 bits per heavy atom. The number of hydrogen-bond donors (Lipinski definition) is 1. The number of halogens is 2. The van der Waals surface area contributed by atoms with Crippen molar-refractivity contribution >= 4 is 23.1 Å². The molecule has 0 radical (unpaired) electrons. The Morgan fingerprint density at radius 1 is 1.20 bits per heavy atom. The average Bonchev–Trinajstić information content (AvgIpc) is 3.40. The van der Waals surface area contributed by atoms with Gasteiger partial charge in [-0.25, -0.2) is 4.79 Å². The number of esters is 1. The number of carbonyl (C=O) groups excluding carboxylic acids is 2. The third-order valence-corrected chi connectivity index (χ3v) is 7.92. The number of allylic oxidation sites excluding steroid dienone is 1. The van der Waals surface area contributed by atoms with E-state index in [4.69, 9.17) is 4.74 Å². The van der Waals surface area contributed by atoms with Crippen molar-refractivity contribution in [3.8, 4) is 0 Å². The summed E-state index contributed by atoms with van der Waals surface area (Å²) in [6, 6.07) is 13.7. The molecule has 1 fully saturated rings. The standard InChI is InChI=1S/C28H34F2O4S/c1-19(8-6-11-20-9-4-3-5-10-20)24(31)16-14-21-18-28(29,30)26(32)23(21)13-7-12-22-15-17-25(35-22)27(33)34-2/h3-5,9-10,14-17,19,21,23-24,31H,6-8,11-13,18H2,1-2H3/b16-14+/t19-,21-,23?,24+/m0/s1. The van der Waals surface area contributed by atoms with Gasteiger partial charge in [0, 0.05) is 17.2 Å². The summed E-state index contributed by atoms with van der Waals surface area (Å²) >= 11 is 1.32. The molecule has 0 amide bonds. The lowest BCUT2D eigenvalue weighted by Crippen LogP contribution is -2.25. The second kappa shape index (κ2) is 12.5. The smallest absolute Gasteiger partial charge is 0.348 e. The van der Waals surface area contributed by atoms with Crippen molar-refractivity contribution in [3.63, 3.8) is 0 Å². The van der Waals surface area contributed by atoms with Crippen LogP contribution in [-0.2, 0) is 22.4 Å². The zero-order valence-corrected chi connectivity index (χ0v) is 21.1. The number of benzene rings is 1. The van der Waals surface area contributed by atoms with Gasteiger partial charge >= 0.3 is 11.9 Å². The first-order valence-electron chi connectivity index (χ1n) is 12.2. The van der Waals surface area contributed by atoms with Gasteiger partial charge in [0.25, 0.3) is 0 Å². The Kier molecular flexibility index (Phi) is 9.75. The molecular weight excluding hydrogens is 470 g/mol. The van der Waals surface area contributed by atoms with Crippen LogP contribution in [0.15, 0.2) is 54.6 Å². The number of carbonyl (C=O) groups is 2. The highest BCUT2D eigenvalue weighted by atomic mass is 32.1. The first-order chi connectivity index (χ1) is 16.7. The molecule has 0 saturated heterocycles. The largest absolute Gasteiger partial charge is 0.465 e. The number of hydrogen-bond acceptors (Lipinski definition) is 5. The zero-order chi connectivity index (χ0) is 25.4. The highest BCUT2D eigenvalue weighted by Gasteiger charge is 2.53. The van der Waals surface area contributed by atoms with E-state index in [-0.39, 0.29) is 5.92 Å². The van der Waals surface area contributed by atoms with Gasteiger partial charge in [0.05, 0.1) is 13.2 Å². The minimum absolute atomic E-state index is 0.00568. The maximum atomic E-state index is 14.2. The summed E-state index contributed by atoms with van der Waals surface area (Å²) < 4.78 is 33.2. The van der Waals surface area contributed by atoms with Crippen molar-refractivity contribution in [2.75, 3.05) is 7.11 Å². The van der Waals surface area contributed by atoms with Crippen molar-refractivity contribution in [1.82, 2.24) is 0 Å². The van der Waals surface area contributed by atoms with Crippen LogP contribution in [0.4, 0.5) is 8.78 Å². The molecule has 190 valence electrons. The highest BCUT2D eigenvalue weighted by molar-refractivity contribution is 7.13. The summed E-state index contributed by atoms with van der Waals surface area (Å²) in [5.74, 6) is -6.08. The summed E-state index contributed by atoms with van der Waals surface area (Å²) in [6.45, 7) is 1.95. The summed E-state index contributed by atoms with van der Waals surface area (Å²) in [5, 5.41) is 10.6. The molecule has 1 aromatic heterocycles. The summed E-state index contributed by atoms with van der Waals surface area (Å²) in [5.41, 5.74) is 1.25. The third kappa shape index (κ3) is 7.55. The van der Waals surface area contributed by atoms with E-state index in [0.29, 0.717) is 24.1 Å². The predicted molar refractivity (Wildman–Crippen MR) is 134 cm³/mol. The molecule has 3 rings (SSSR count). The second-order valence-corrected chi connectivity index (χ2v) is 10.6. The van der Waals surface area contributed by atoms with E-state index in [2.05, 4.69) is 12.1 Å². The Bertz CT molecular complexity index is 1000. The van der Waals surface area contributed by atoms with Crippen LogP contribution in [0.5, 0.6) is 0 Å². The van der Waals surface area contributed by atoms with Crippen LogP contribution in [0.25, 0.3) is 0 Å². The van der Waals surface area contributed by atoms with Crippen LogP contribution in [-0.4, -0.2) is 36.0 Å². The number of aryl methyl sites for hydroxylation is 2. The van der Waals surface area contributed by atoms with E-state index < -0.39 is 42.0 Å². The molecule has 1 heterocycles. The normalized spacial score (nSPS) is 21.3. The van der Waals surface area contributed by atoms with Gasteiger partial charge in [0.15, 0.2) is 0 Å². The van der Waals surface area contributed by atoms with Crippen molar-refractivity contribution in [2.45, 2.75) is 63.9 Å². The fourth-order valence-electron chi connectivity index (χ4n) is 4.66. The van der Waals surface area contributed by atoms with Gasteiger partial charge in [-0.05, 0) is 68.1 Å². The van der Waals surface area contributed by atoms with Crippen LogP contribution in [0, 0.1) is 17.8 Å². The van der Waals surface area contributed by atoms with E-state index in [1.165, 1.54) is 24.0 Å². The molecule has 1 aliphatic rings. The third-order valence-electron chi connectivity index (χ3n) is 6.80. The topological polar surface area (TPSA) is 63.6 Å². The van der Waals surface area contributed by atoms with Crippen molar-refractivity contribution in [3.05, 3.63) is 69.9 Å². The first-order valence-corrected chi connectivity index (χ1v) is 13.0. The van der Waals surface area contributed by atoms with Crippen molar-refractivity contribution in [1.29, 1.82) is 0 Å². The molecule has 1 unspecified atom stereocenters. The Balaban J connectivity index is 1.51. The predicted octanol–water partition coefficient (Wildman–Crippen LogP) is 6.27. The highest BCUT2D eigenvalue weighted by Crippen LogP contribution is 2.43. The molecule has 35 heavy (non-hydrogen) atoms. The lowest BCUT2D eigenvalue weighted by atomic mass is 9.88. The van der Waals surface area contributed by atoms with Gasteiger partial charge < -0.3 is 9.84 Å². The molecule has 1 saturated carbocycles. The van der Waals surface area contributed by atoms with Gasteiger partial charge in [-0.3, -0.25) is 4.79 Å². The molecule has 1 aliphatic carbocycles. The lowest BCUT2D eigenvalue weighted by Gasteiger charge is -2.18. The molecule has 7 heteroatoms. The number of Topliss-reactive ketones (excluding diaryl/α,β-unsaturated/α-hetero) is 1. The molecule has 4 atom stereocenters. The van der Waals surface area contributed by atoms with E-state index >= 15 is 0 Å².